The van der Waals surface area contributed by atoms with E-state index in [1.807, 2.05) is 48.5 Å². The number of imide groups is 1. The van der Waals surface area contributed by atoms with Crippen molar-refractivity contribution in [3.8, 4) is 0 Å². The summed E-state index contributed by atoms with van der Waals surface area (Å²) < 4.78 is 0. The second kappa shape index (κ2) is 7.84. The van der Waals surface area contributed by atoms with E-state index in [9.17, 15) is 14.4 Å². The van der Waals surface area contributed by atoms with Gasteiger partial charge in [0.05, 0.1) is 6.04 Å². The number of aryl methyl sites for hydroxylation is 1. The van der Waals surface area contributed by atoms with Crippen molar-refractivity contribution in [1.82, 2.24) is 15.5 Å². The van der Waals surface area contributed by atoms with Gasteiger partial charge in [-0.3, -0.25) is 14.5 Å². The molecule has 6 nitrogen and oxygen atoms in total. The molecule has 0 aromatic heterocycles. The number of hydrogen-bond acceptors (Lipinski definition) is 3. The highest BCUT2D eigenvalue weighted by Crippen LogP contribution is 2.29. The minimum atomic E-state index is -0.627. The van der Waals surface area contributed by atoms with Crippen LogP contribution in [0.3, 0.4) is 0 Å². The predicted molar refractivity (Wildman–Crippen MR) is 104 cm³/mol. The molecule has 2 aromatic carbocycles. The van der Waals surface area contributed by atoms with Crippen molar-refractivity contribution in [2.24, 2.45) is 0 Å². The molecule has 2 N–H and O–H groups in total. The van der Waals surface area contributed by atoms with Gasteiger partial charge in [0.1, 0.15) is 12.6 Å². The summed E-state index contributed by atoms with van der Waals surface area (Å²) in [7, 11) is 0. The maximum absolute atomic E-state index is 12.6. The largest absolute Gasteiger partial charge is 0.348 e. The second-order valence-electron chi connectivity index (χ2n) is 7.33. The molecule has 1 fully saturated rings. The van der Waals surface area contributed by atoms with Crippen LogP contribution in [0, 0.1) is 0 Å². The smallest absolute Gasteiger partial charge is 0.325 e. The van der Waals surface area contributed by atoms with Gasteiger partial charge in [0, 0.05) is 6.42 Å². The minimum Gasteiger partial charge on any atom is -0.348 e. The van der Waals surface area contributed by atoms with Crippen molar-refractivity contribution in [2.75, 3.05) is 6.54 Å². The molecule has 0 spiro atoms. The lowest BCUT2D eigenvalue weighted by Gasteiger charge is -2.27. The Kier molecular flexibility index (Phi) is 5.10. The Morgan fingerprint density at radius 2 is 1.82 bits per heavy atom. The maximum Gasteiger partial charge on any atom is 0.325 e. The number of carbonyl (C=O) groups excluding carboxylic acids is 3. The summed E-state index contributed by atoms with van der Waals surface area (Å²) in [5, 5.41) is 5.68. The molecule has 4 rings (SSSR count). The molecular formula is C22H23N3O3. The van der Waals surface area contributed by atoms with Crippen LogP contribution in [0.15, 0.2) is 54.6 Å². The van der Waals surface area contributed by atoms with Crippen LogP contribution in [-0.4, -0.2) is 35.3 Å². The number of hydrogen-bond donors (Lipinski definition) is 2. The van der Waals surface area contributed by atoms with Crippen LogP contribution >= 0.6 is 0 Å². The number of fused-ring (bicyclic) bond motifs is 1. The molecule has 0 bridgehead atoms. The second-order valence-corrected chi connectivity index (χ2v) is 7.33. The monoisotopic (exact) mass is 377 g/mol. The van der Waals surface area contributed by atoms with Crippen molar-refractivity contribution >= 4 is 17.8 Å². The minimum absolute atomic E-state index is 0.0710. The molecule has 6 heteroatoms. The Balaban J connectivity index is 1.38. The number of urea groups is 1. The van der Waals surface area contributed by atoms with E-state index in [1.165, 1.54) is 5.56 Å². The normalized spacial score (nSPS) is 21.2. The summed E-state index contributed by atoms with van der Waals surface area (Å²) in [6, 6.07) is 16.4. The maximum atomic E-state index is 12.6. The third kappa shape index (κ3) is 3.76. The Labute approximate surface area is 163 Å². The fourth-order valence-electron chi connectivity index (χ4n) is 4.00. The molecule has 0 radical (unpaired) electrons. The molecule has 28 heavy (non-hydrogen) atoms. The molecule has 2 atom stereocenters. The van der Waals surface area contributed by atoms with Crippen LogP contribution in [0.4, 0.5) is 4.79 Å². The molecule has 1 aliphatic heterocycles. The van der Waals surface area contributed by atoms with Gasteiger partial charge in [0.25, 0.3) is 5.91 Å². The van der Waals surface area contributed by atoms with Gasteiger partial charge in [0.2, 0.25) is 5.91 Å². The number of benzene rings is 2. The van der Waals surface area contributed by atoms with Crippen LogP contribution in [0.2, 0.25) is 0 Å². The van der Waals surface area contributed by atoms with Crippen molar-refractivity contribution in [1.29, 1.82) is 0 Å². The van der Waals surface area contributed by atoms with Crippen LogP contribution in [0.25, 0.3) is 0 Å². The molecule has 1 aliphatic carbocycles. The average Bonchev–Trinajstić information content (AvgIpc) is 2.96. The number of carbonyl (C=O) groups is 3. The van der Waals surface area contributed by atoms with E-state index in [2.05, 4.69) is 16.7 Å². The van der Waals surface area contributed by atoms with Gasteiger partial charge < -0.3 is 10.6 Å². The molecule has 4 amide bonds. The van der Waals surface area contributed by atoms with Gasteiger partial charge in [-0.15, -0.1) is 0 Å². The Morgan fingerprint density at radius 1 is 1.07 bits per heavy atom. The molecule has 1 heterocycles. The van der Waals surface area contributed by atoms with Gasteiger partial charge >= 0.3 is 6.03 Å². The summed E-state index contributed by atoms with van der Waals surface area (Å²) in [6.45, 7) is -0.255. The van der Waals surface area contributed by atoms with E-state index in [0.29, 0.717) is 6.42 Å². The first-order chi connectivity index (χ1) is 13.6. The zero-order valence-electron chi connectivity index (χ0n) is 15.6. The lowest BCUT2D eigenvalue weighted by Crippen LogP contribution is -2.42. The third-order valence-corrected chi connectivity index (χ3v) is 5.40. The van der Waals surface area contributed by atoms with E-state index >= 15 is 0 Å². The Hall–Kier alpha value is -3.15. The van der Waals surface area contributed by atoms with E-state index in [1.54, 1.807) is 0 Å². The lowest BCUT2D eigenvalue weighted by molar-refractivity contribution is -0.132. The zero-order valence-corrected chi connectivity index (χ0v) is 15.6. The van der Waals surface area contributed by atoms with Crippen molar-refractivity contribution in [3.63, 3.8) is 0 Å². The molecule has 0 saturated carbocycles. The van der Waals surface area contributed by atoms with Crippen molar-refractivity contribution in [3.05, 3.63) is 71.3 Å². The molecule has 0 unspecified atom stereocenters. The third-order valence-electron chi connectivity index (χ3n) is 5.40. The fourth-order valence-corrected chi connectivity index (χ4v) is 4.00. The van der Waals surface area contributed by atoms with E-state index in [-0.39, 0.29) is 24.4 Å². The van der Waals surface area contributed by atoms with Crippen molar-refractivity contribution < 1.29 is 14.4 Å². The lowest BCUT2D eigenvalue weighted by atomic mass is 9.88. The van der Waals surface area contributed by atoms with E-state index in [4.69, 9.17) is 0 Å². The highest BCUT2D eigenvalue weighted by molar-refractivity contribution is 6.06. The first-order valence-electron chi connectivity index (χ1n) is 9.65. The van der Waals surface area contributed by atoms with Gasteiger partial charge in [-0.05, 0) is 36.0 Å². The van der Waals surface area contributed by atoms with Crippen LogP contribution in [0.1, 0.15) is 35.6 Å². The van der Waals surface area contributed by atoms with Gasteiger partial charge in [-0.1, -0.05) is 54.6 Å². The zero-order chi connectivity index (χ0) is 19.5. The Morgan fingerprint density at radius 3 is 2.64 bits per heavy atom. The van der Waals surface area contributed by atoms with E-state index in [0.717, 1.165) is 35.3 Å². The highest BCUT2D eigenvalue weighted by atomic mass is 16.2. The van der Waals surface area contributed by atoms with Crippen molar-refractivity contribution in [2.45, 2.75) is 37.8 Å². The summed E-state index contributed by atoms with van der Waals surface area (Å²) >= 11 is 0. The number of nitrogens with zero attached hydrogens (tertiary/aromatic N) is 1. The first-order valence-corrected chi connectivity index (χ1v) is 9.65. The SMILES string of the molecule is O=C(CN1C(=O)N[C@@H](Cc2ccccc2)C1=O)N[C@H]1CCCc2ccccc21. The summed E-state index contributed by atoms with van der Waals surface area (Å²) in [6.07, 6.45) is 3.29. The molecule has 2 aliphatic rings. The van der Waals surface area contributed by atoms with Gasteiger partial charge in [0.15, 0.2) is 0 Å². The van der Waals surface area contributed by atoms with Crippen LogP contribution < -0.4 is 10.6 Å². The molecular weight excluding hydrogens is 354 g/mol. The molecule has 144 valence electrons. The van der Waals surface area contributed by atoms with E-state index < -0.39 is 12.1 Å². The molecule has 2 aromatic rings. The standard InChI is InChI=1S/C22H23N3O3/c26-20(23-18-12-6-10-16-9-4-5-11-17(16)18)14-25-21(27)19(24-22(25)28)13-15-7-2-1-3-8-15/h1-5,7-9,11,18-19H,6,10,12-14H2,(H,23,26)(H,24,28)/t18-,19-/m0/s1. The quantitative estimate of drug-likeness (QED) is 0.785. The molecule has 1 saturated heterocycles. The summed E-state index contributed by atoms with van der Waals surface area (Å²) in [5.74, 6) is -0.668. The van der Waals surface area contributed by atoms with Crippen LogP contribution in [-0.2, 0) is 22.4 Å². The number of nitrogens with one attached hydrogen (secondary N) is 2. The Bertz CT molecular complexity index is 897. The topological polar surface area (TPSA) is 78.5 Å². The summed E-state index contributed by atoms with van der Waals surface area (Å²) in [5.41, 5.74) is 3.34. The van der Waals surface area contributed by atoms with Gasteiger partial charge in [-0.25, -0.2) is 4.79 Å². The first kappa shape index (κ1) is 18.2. The number of rotatable bonds is 5. The average molecular weight is 377 g/mol. The fraction of sp³-hybridized carbons (Fsp3) is 0.318. The summed E-state index contributed by atoms with van der Waals surface area (Å²) in [4.78, 5) is 38.4. The predicted octanol–water partition coefficient (Wildman–Crippen LogP) is 2.34. The van der Waals surface area contributed by atoms with Crippen LogP contribution in [0.5, 0.6) is 0 Å². The van der Waals surface area contributed by atoms with Gasteiger partial charge in [-0.2, -0.15) is 0 Å². The number of amides is 4. The highest BCUT2D eigenvalue weighted by Gasteiger charge is 2.39.